The maximum Gasteiger partial charge on any atom is 0.163 e. The van der Waals surface area contributed by atoms with E-state index in [1.165, 1.54) is 5.56 Å². The Kier molecular flexibility index (Phi) is 5.62. The predicted octanol–water partition coefficient (Wildman–Crippen LogP) is 7.40. The zero-order chi connectivity index (χ0) is 24.2. The van der Waals surface area contributed by atoms with Crippen LogP contribution in [-0.2, 0) is 16.0 Å². The summed E-state index contributed by atoms with van der Waals surface area (Å²) in [5, 5.41) is 3.69. The molecule has 0 amide bonds. The van der Waals surface area contributed by atoms with E-state index in [1.54, 1.807) is 6.92 Å². The maximum atomic E-state index is 13.0. The number of carbonyl (C=O) groups excluding carboxylic acids is 1. The minimum Gasteiger partial charge on any atom is -0.493 e. The van der Waals surface area contributed by atoms with E-state index in [1.807, 2.05) is 64.2 Å². The van der Waals surface area contributed by atoms with E-state index >= 15 is 0 Å². The molecular weight excluding hydrogens is 446 g/mol. The van der Waals surface area contributed by atoms with Crippen LogP contribution in [0.3, 0.4) is 0 Å². The average molecular weight is 474 g/mol. The number of carbonyl (C=O) groups is 1. The number of hydrogen-bond acceptors (Lipinski definition) is 4. The number of fused-ring (bicyclic) bond motifs is 1. The lowest BCUT2D eigenvalue weighted by atomic mass is 9.85. The molecule has 1 aromatic heterocycles. The van der Waals surface area contributed by atoms with E-state index in [0.717, 1.165) is 56.1 Å². The molecule has 1 aliphatic heterocycles. The summed E-state index contributed by atoms with van der Waals surface area (Å²) in [7, 11) is 0. The van der Waals surface area contributed by atoms with Crippen LogP contribution in [0.1, 0.15) is 50.5 Å². The molecule has 3 aromatic carbocycles. The molecule has 4 nitrogen and oxygen atoms in total. The van der Waals surface area contributed by atoms with Gasteiger partial charge in [-0.1, -0.05) is 23.7 Å². The highest BCUT2D eigenvalue weighted by atomic mass is 35.5. The second kappa shape index (κ2) is 8.37. The van der Waals surface area contributed by atoms with E-state index in [-0.39, 0.29) is 5.78 Å². The molecule has 0 saturated carbocycles. The molecule has 5 heteroatoms. The average Bonchev–Trinajstić information content (AvgIpc) is 2.77. The van der Waals surface area contributed by atoms with Gasteiger partial charge in [-0.2, -0.15) is 0 Å². The van der Waals surface area contributed by atoms with E-state index < -0.39 is 11.7 Å². The number of halogens is 1. The third-order valence-electron chi connectivity index (χ3n) is 6.29. The van der Waals surface area contributed by atoms with Crippen LogP contribution in [0.25, 0.3) is 32.8 Å². The fourth-order valence-corrected chi connectivity index (χ4v) is 5.13. The first-order valence-electron chi connectivity index (χ1n) is 11.6. The Morgan fingerprint density at radius 2 is 1.94 bits per heavy atom. The van der Waals surface area contributed by atoms with Crippen LogP contribution in [0.2, 0.25) is 5.02 Å². The molecule has 1 atom stereocenters. The summed E-state index contributed by atoms with van der Waals surface area (Å²) >= 11 is 6.49. The topological polar surface area (TPSA) is 48.4 Å². The number of aryl methyl sites for hydroxylation is 1. The Hall–Kier alpha value is -2.95. The van der Waals surface area contributed by atoms with Crippen LogP contribution < -0.4 is 4.74 Å². The van der Waals surface area contributed by atoms with E-state index in [0.29, 0.717) is 11.6 Å². The summed E-state index contributed by atoms with van der Waals surface area (Å²) in [5.74, 6) is 0.804. The fourth-order valence-electron chi connectivity index (χ4n) is 4.95. The third-order valence-corrected chi connectivity index (χ3v) is 6.53. The van der Waals surface area contributed by atoms with E-state index in [2.05, 4.69) is 12.1 Å². The zero-order valence-electron chi connectivity index (χ0n) is 20.2. The molecule has 0 bridgehead atoms. The molecule has 0 saturated heterocycles. The van der Waals surface area contributed by atoms with Gasteiger partial charge in [0.05, 0.1) is 17.7 Å². The van der Waals surface area contributed by atoms with Crippen LogP contribution in [0, 0.1) is 6.92 Å². The number of Topliss-reactive ketones (excluding diaryl/α,β-unsaturated/α-hetero) is 1. The summed E-state index contributed by atoms with van der Waals surface area (Å²) in [6.45, 7) is 10.2. The molecule has 5 rings (SSSR count). The lowest BCUT2D eigenvalue weighted by Crippen LogP contribution is -2.27. The summed E-state index contributed by atoms with van der Waals surface area (Å²) in [4.78, 5) is 17.8. The molecule has 0 aliphatic carbocycles. The van der Waals surface area contributed by atoms with Crippen molar-refractivity contribution in [3.8, 4) is 16.9 Å². The molecule has 4 aromatic rings. The third kappa shape index (κ3) is 3.95. The van der Waals surface area contributed by atoms with Gasteiger partial charge >= 0.3 is 0 Å². The molecule has 34 heavy (non-hydrogen) atoms. The monoisotopic (exact) mass is 473 g/mol. The van der Waals surface area contributed by atoms with Gasteiger partial charge < -0.3 is 9.47 Å². The molecule has 0 N–H and O–H groups in total. The van der Waals surface area contributed by atoms with Crippen molar-refractivity contribution in [1.29, 1.82) is 0 Å². The van der Waals surface area contributed by atoms with Crippen molar-refractivity contribution >= 4 is 39.1 Å². The molecule has 174 valence electrons. The minimum absolute atomic E-state index is 0.0420. The summed E-state index contributed by atoms with van der Waals surface area (Å²) in [6.07, 6.45) is 1.97. The molecule has 1 aliphatic rings. The van der Waals surface area contributed by atoms with Gasteiger partial charge in [-0.25, -0.2) is 0 Å². The highest BCUT2D eigenvalue weighted by Crippen LogP contribution is 2.45. The number of pyridine rings is 1. The van der Waals surface area contributed by atoms with Crippen LogP contribution in [-0.4, -0.2) is 23.0 Å². The lowest BCUT2D eigenvalue weighted by molar-refractivity contribution is -0.138. The van der Waals surface area contributed by atoms with Crippen molar-refractivity contribution in [2.75, 3.05) is 6.61 Å². The highest BCUT2D eigenvalue weighted by Gasteiger charge is 2.30. The Morgan fingerprint density at radius 3 is 2.68 bits per heavy atom. The van der Waals surface area contributed by atoms with Crippen LogP contribution in [0.15, 0.2) is 48.7 Å². The van der Waals surface area contributed by atoms with E-state index in [9.17, 15) is 4.79 Å². The first-order chi connectivity index (χ1) is 16.1. The van der Waals surface area contributed by atoms with Crippen LogP contribution >= 0.6 is 11.6 Å². The largest absolute Gasteiger partial charge is 0.493 e. The second-order valence-corrected chi connectivity index (χ2v) is 10.4. The molecule has 0 fully saturated rings. The lowest BCUT2D eigenvalue weighted by Gasteiger charge is -2.30. The standard InChI is InChI=1S/C29H28ClNO3/c1-16-14-19-6-7-20(30)15-22(19)26(24(16)28(17(2)32)34-29(3,4)5)21-8-9-23-25-18(11-13-33-23)10-12-31-27(21)25/h6-10,12,14-15,28H,11,13H2,1-5H3/t28-/m1/s1. The van der Waals surface area contributed by atoms with Gasteiger partial charge in [0.1, 0.15) is 11.9 Å². The van der Waals surface area contributed by atoms with Crippen LogP contribution in [0.5, 0.6) is 5.75 Å². The van der Waals surface area contributed by atoms with Crippen molar-refractivity contribution in [1.82, 2.24) is 4.98 Å². The number of rotatable bonds is 4. The second-order valence-electron chi connectivity index (χ2n) is 9.97. The fraction of sp³-hybridized carbons (Fsp3) is 0.310. The number of hydrogen-bond donors (Lipinski definition) is 0. The predicted molar refractivity (Wildman–Crippen MR) is 138 cm³/mol. The SMILES string of the molecule is CC(=O)[C@@H](OC(C)(C)C)c1c(C)cc2ccc(Cl)cc2c1-c1ccc2c3c(ccnc13)CCO2. The summed E-state index contributed by atoms with van der Waals surface area (Å²) < 4.78 is 12.3. The van der Waals surface area contributed by atoms with Gasteiger partial charge in [-0.3, -0.25) is 9.78 Å². The smallest absolute Gasteiger partial charge is 0.163 e. The first kappa shape index (κ1) is 22.8. The number of aromatic nitrogens is 1. The molecule has 0 unspecified atom stereocenters. The number of ether oxygens (including phenoxy) is 2. The van der Waals surface area contributed by atoms with E-state index in [4.69, 9.17) is 26.1 Å². The Bertz CT molecular complexity index is 1440. The Labute approximate surface area is 204 Å². The number of benzene rings is 3. The van der Waals surface area contributed by atoms with Crippen molar-refractivity contribution < 1.29 is 14.3 Å². The molecular formula is C29H28ClNO3. The Morgan fingerprint density at radius 1 is 1.15 bits per heavy atom. The van der Waals surface area contributed by atoms with Crippen molar-refractivity contribution in [3.05, 3.63) is 70.4 Å². The zero-order valence-corrected chi connectivity index (χ0v) is 20.9. The first-order valence-corrected chi connectivity index (χ1v) is 12.0. The molecule has 0 radical (unpaired) electrons. The van der Waals surface area contributed by atoms with Crippen molar-refractivity contribution in [3.63, 3.8) is 0 Å². The van der Waals surface area contributed by atoms with Gasteiger partial charge in [-0.05, 0) is 98.0 Å². The molecule has 2 heterocycles. The van der Waals surface area contributed by atoms with Gasteiger partial charge in [0.25, 0.3) is 0 Å². The number of nitrogens with zero attached hydrogens (tertiary/aromatic N) is 1. The van der Waals surface area contributed by atoms with Gasteiger partial charge in [-0.15, -0.1) is 0 Å². The number of ketones is 1. The highest BCUT2D eigenvalue weighted by molar-refractivity contribution is 6.31. The quantitative estimate of drug-likeness (QED) is 0.310. The van der Waals surface area contributed by atoms with Crippen LogP contribution in [0.4, 0.5) is 0 Å². The van der Waals surface area contributed by atoms with Crippen molar-refractivity contribution in [2.45, 2.75) is 52.7 Å². The van der Waals surface area contributed by atoms with Gasteiger partial charge in [0, 0.05) is 28.6 Å². The summed E-state index contributed by atoms with van der Waals surface area (Å²) in [6, 6.07) is 14.1. The Balaban J connectivity index is 1.92. The van der Waals surface area contributed by atoms with Gasteiger partial charge in [0.15, 0.2) is 5.78 Å². The van der Waals surface area contributed by atoms with Gasteiger partial charge in [0.2, 0.25) is 0 Å². The minimum atomic E-state index is -0.722. The normalized spacial score (nSPS) is 14.3. The molecule has 0 spiro atoms. The maximum absolute atomic E-state index is 13.0. The summed E-state index contributed by atoms with van der Waals surface area (Å²) in [5.41, 5.74) is 5.31. The van der Waals surface area contributed by atoms with Crippen molar-refractivity contribution in [2.24, 2.45) is 0 Å².